The lowest BCUT2D eigenvalue weighted by Gasteiger charge is -2.11. The van der Waals surface area contributed by atoms with Crippen LogP contribution in [0.25, 0.3) is 11.3 Å². The fourth-order valence-corrected chi connectivity index (χ4v) is 2.04. The summed E-state index contributed by atoms with van der Waals surface area (Å²) in [6.07, 6.45) is 0.0970. The molecule has 1 aromatic carbocycles. The SMILES string of the molecule is COC(=O)C[C@H](C)NC(=O)c1nc(C)oc1-c1ccccc1. The number of nitrogens with zero attached hydrogens (tertiary/aromatic N) is 1. The monoisotopic (exact) mass is 302 g/mol. The molecule has 22 heavy (non-hydrogen) atoms. The normalized spacial score (nSPS) is 11.8. The average molecular weight is 302 g/mol. The highest BCUT2D eigenvalue weighted by Crippen LogP contribution is 2.24. The number of benzene rings is 1. The van der Waals surface area contributed by atoms with Crippen molar-refractivity contribution in [2.24, 2.45) is 0 Å². The smallest absolute Gasteiger partial charge is 0.307 e. The summed E-state index contributed by atoms with van der Waals surface area (Å²) in [4.78, 5) is 27.7. The van der Waals surface area contributed by atoms with E-state index in [1.165, 1.54) is 7.11 Å². The van der Waals surface area contributed by atoms with Gasteiger partial charge in [-0.15, -0.1) is 0 Å². The molecule has 0 aliphatic heterocycles. The summed E-state index contributed by atoms with van der Waals surface area (Å²) in [5.41, 5.74) is 0.981. The molecule has 0 bridgehead atoms. The number of methoxy groups -OCH3 is 1. The van der Waals surface area contributed by atoms with Gasteiger partial charge in [0, 0.05) is 18.5 Å². The quantitative estimate of drug-likeness (QED) is 0.857. The third-order valence-electron chi connectivity index (χ3n) is 3.06. The minimum absolute atomic E-state index is 0.0970. The first-order chi connectivity index (χ1) is 10.5. The largest absolute Gasteiger partial charge is 0.469 e. The van der Waals surface area contributed by atoms with Crippen molar-refractivity contribution in [2.45, 2.75) is 26.3 Å². The summed E-state index contributed by atoms with van der Waals surface area (Å²) in [5.74, 6) is 0.0602. The van der Waals surface area contributed by atoms with Crippen molar-refractivity contribution in [1.29, 1.82) is 0 Å². The number of nitrogens with one attached hydrogen (secondary N) is 1. The highest BCUT2D eigenvalue weighted by Gasteiger charge is 2.22. The molecule has 2 aromatic rings. The predicted octanol–water partition coefficient (Wildman–Crippen LogP) is 2.33. The second kappa shape index (κ2) is 6.89. The molecule has 1 atom stereocenters. The van der Waals surface area contributed by atoms with Crippen LogP contribution in [-0.2, 0) is 9.53 Å². The Balaban J connectivity index is 2.19. The molecule has 0 fully saturated rings. The highest BCUT2D eigenvalue weighted by atomic mass is 16.5. The fraction of sp³-hybridized carbons (Fsp3) is 0.312. The van der Waals surface area contributed by atoms with Gasteiger partial charge in [0.05, 0.1) is 13.5 Å². The van der Waals surface area contributed by atoms with E-state index in [1.54, 1.807) is 13.8 Å². The molecule has 0 aliphatic carbocycles. The van der Waals surface area contributed by atoms with Crippen molar-refractivity contribution in [3.63, 3.8) is 0 Å². The van der Waals surface area contributed by atoms with Crippen molar-refractivity contribution < 1.29 is 18.7 Å². The summed E-state index contributed by atoms with van der Waals surface area (Å²) in [6.45, 7) is 3.41. The van der Waals surface area contributed by atoms with Gasteiger partial charge in [-0.1, -0.05) is 30.3 Å². The molecule has 0 spiro atoms. The number of aromatic nitrogens is 1. The van der Waals surface area contributed by atoms with E-state index in [4.69, 9.17) is 4.42 Å². The number of ether oxygens (including phenoxy) is 1. The van der Waals surface area contributed by atoms with Crippen LogP contribution in [0.2, 0.25) is 0 Å². The predicted molar refractivity (Wildman–Crippen MR) is 80.2 cm³/mol. The van der Waals surface area contributed by atoms with Gasteiger partial charge in [-0.3, -0.25) is 9.59 Å². The van der Waals surface area contributed by atoms with Crippen molar-refractivity contribution in [3.8, 4) is 11.3 Å². The van der Waals surface area contributed by atoms with E-state index in [0.29, 0.717) is 11.7 Å². The second-order valence-corrected chi connectivity index (χ2v) is 4.93. The van der Waals surface area contributed by atoms with Crippen LogP contribution < -0.4 is 5.32 Å². The maximum Gasteiger partial charge on any atom is 0.307 e. The number of oxazole rings is 1. The number of rotatable bonds is 5. The third-order valence-corrected chi connectivity index (χ3v) is 3.06. The molecule has 1 heterocycles. The van der Waals surface area contributed by atoms with Crippen molar-refractivity contribution >= 4 is 11.9 Å². The third kappa shape index (κ3) is 3.72. The zero-order valence-electron chi connectivity index (χ0n) is 12.8. The number of esters is 1. The summed E-state index contributed by atoms with van der Waals surface area (Å²) in [6, 6.07) is 8.91. The van der Waals surface area contributed by atoms with Gasteiger partial charge in [0.15, 0.2) is 17.3 Å². The van der Waals surface area contributed by atoms with Crippen molar-refractivity contribution in [3.05, 3.63) is 41.9 Å². The molecule has 2 rings (SSSR count). The lowest BCUT2D eigenvalue weighted by molar-refractivity contribution is -0.141. The molecule has 0 saturated heterocycles. The Morgan fingerprint density at radius 2 is 2.00 bits per heavy atom. The maximum atomic E-state index is 12.3. The first kappa shape index (κ1) is 15.8. The second-order valence-electron chi connectivity index (χ2n) is 4.93. The van der Waals surface area contributed by atoms with E-state index in [2.05, 4.69) is 15.0 Å². The van der Waals surface area contributed by atoms with E-state index in [0.717, 1.165) is 5.56 Å². The van der Waals surface area contributed by atoms with Gasteiger partial charge in [-0.25, -0.2) is 4.98 Å². The molecule has 6 nitrogen and oxygen atoms in total. The molecule has 1 amide bonds. The molecular formula is C16H18N2O4. The minimum Gasteiger partial charge on any atom is -0.469 e. The molecule has 0 unspecified atom stereocenters. The summed E-state index contributed by atoms with van der Waals surface area (Å²) in [7, 11) is 1.31. The Hall–Kier alpha value is -2.63. The van der Waals surface area contributed by atoms with Crippen LogP contribution in [0.3, 0.4) is 0 Å². The number of carbonyl (C=O) groups is 2. The minimum atomic E-state index is -0.382. The fourth-order valence-electron chi connectivity index (χ4n) is 2.04. The van der Waals surface area contributed by atoms with Gasteiger partial charge in [0.25, 0.3) is 5.91 Å². The van der Waals surface area contributed by atoms with E-state index >= 15 is 0 Å². The lowest BCUT2D eigenvalue weighted by atomic mass is 10.1. The van der Waals surface area contributed by atoms with E-state index < -0.39 is 0 Å². The molecule has 6 heteroatoms. The van der Waals surface area contributed by atoms with Gasteiger partial charge in [0.1, 0.15) is 0 Å². The lowest BCUT2D eigenvalue weighted by Crippen LogP contribution is -2.34. The number of hydrogen-bond acceptors (Lipinski definition) is 5. The van der Waals surface area contributed by atoms with Gasteiger partial charge in [-0.2, -0.15) is 0 Å². The van der Waals surface area contributed by atoms with Gasteiger partial charge in [0.2, 0.25) is 0 Å². The van der Waals surface area contributed by atoms with Crippen LogP contribution in [0.5, 0.6) is 0 Å². The molecule has 1 aromatic heterocycles. The summed E-state index contributed by atoms with van der Waals surface area (Å²) >= 11 is 0. The zero-order valence-corrected chi connectivity index (χ0v) is 12.8. The van der Waals surface area contributed by atoms with Crippen LogP contribution in [0.1, 0.15) is 29.7 Å². The molecule has 1 N–H and O–H groups in total. The topological polar surface area (TPSA) is 81.4 Å². The van der Waals surface area contributed by atoms with Crippen LogP contribution >= 0.6 is 0 Å². The Labute approximate surface area is 128 Å². The van der Waals surface area contributed by atoms with Gasteiger partial charge in [-0.05, 0) is 6.92 Å². The van der Waals surface area contributed by atoms with Gasteiger partial charge < -0.3 is 14.5 Å². The Morgan fingerprint density at radius 1 is 1.32 bits per heavy atom. The zero-order chi connectivity index (χ0) is 16.1. The molecule has 116 valence electrons. The van der Waals surface area contributed by atoms with Crippen LogP contribution in [0.15, 0.2) is 34.7 Å². The van der Waals surface area contributed by atoms with Crippen LogP contribution in [0, 0.1) is 6.92 Å². The maximum absolute atomic E-state index is 12.3. The standard InChI is InChI=1S/C16H18N2O4/c1-10(9-13(19)21-3)17-16(20)14-15(22-11(2)18-14)12-7-5-4-6-8-12/h4-8,10H,9H2,1-3H3,(H,17,20)/t10-/m0/s1. The first-order valence-electron chi connectivity index (χ1n) is 6.91. The average Bonchev–Trinajstić information content (AvgIpc) is 2.90. The Kier molecular flexibility index (Phi) is 4.93. The van der Waals surface area contributed by atoms with Crippen LogP contribution in [0.4, 0.5) is 0 Å². The number of hydrogen-bond donors (Lipinski definition) is 1. The Morgan fingerprint density at radius 3 is 2.64 bits per heavy atom. The molecule has 0 aliphatic rings. The summed E-state index contributed by atoms with van der Waals surface area (Å²) in [5, 5.41) is 2.72. The molecular weight excluding hydrogens is 284 g/mol. The van der Waals surface area contributed by atoms with Crippen LogP contribution in [-0.4, -0.2) is 30.0 Å². The van der Waals surface area contributed by atoms with E-state index in [9.17, 15) is 9.59 Å². The Bertz CT molecular complexity index is 664. The number of amides is 1. The molecule has 0 radical (unpaired) electrons. The van der Waals surface area contributed by atoms with E-state index in [-0.39, 0.29) is 30.0 Å². The molecule has 0 saturated carbocycles. The highest BCUT2D eigenvalue weighted by molar-refractivity contribution is 5.98. The van der Waals surface area contributed by atoms with E-state index in [1.807, 2.05) is 30.3 Å². The van der Waals surface area contributed by atoms with Gasteiger partial charge >= 0.3 is 5.97 Å². The first-order valence-corrected chi connectivity index (χ1v) is 6.91. The summed E-state index contributed by atoms with van der Waals surface area (Å²) < 4.78 is 10.1. The number of carbonyl (C=O) groups excluding carboxylic acids is 2. The number of aryl methyl sites for hydroxylation is 1. The van der Waals surface area contributed by atoms with Crippen molar-refractivity contribution in [1.82, 2.24) is 10.3 Å². The van der Waals surface area contributed by atoms with Crippen molar-refractivity contribution in [2.75, 3.05) is 7.11 Å².